The van der Waals surface area contributed by atoms with Crippen LogP contribution in [0.25, 0.3) is 22.4 Å². The molecule has 0 bridgehead atoms. The molecule has 0 spiro atoms. The Bertz CT molecular complexity index is 781. The highest BCUT2D eigenvalue weighted by molar-refractivity contribution is 5.91. The first-order valence-electron chi connectivity index (χ1n) is 7.21. The fourth-order valence-electron chi connectivity index (χ4n) is 2.99. The van der Waals surface area contributed by atoms with E-state index in [4.69, 9.17) is 9.15 Å². The Kier molecular flexibility index (Phi) is 3.22. The minimum absolute atomic E-state index is 0.193. The molecular formula is C16H16N2O4. The van der Waals surface area contributed by atoms with E-state index in [9.17, 15) is 10.2 Å². The molecule has 1 saturated heterocycles. The summed E-state index contributed by atoms with van der Waals surface area (Å²) in [6.07, 6.45) is 4.15. The third-order valence-corrected chi connectivity index (χ3v) is 4.10. The topological polar surface area (TPSA) is 80.7 Å². The molecule has 3 aromatic heterocycles. The van der Waals surface area contributed by atoms with Gasteiger partial charge in [0.25, 0.3) is 0 Å². The van der Waals surface area contributed by atoms with Crippen molar-refractivity contribution in [2.45, 2.75) is 24.9 Å². The molecule has 0 unspecified atom stereocenters. The van der Waals surface area contributed by atoms with Crippen molar-refractivity contribution in [3.63, 3.8) is 0 Å². The largest absolute Gasteiger partial charge is 0.464 e. The summed E-state index contributed by atoms with van der Waals surface area (Å²) in [6.45, 7) is -0.193. The van der Waals surface area contributed by atoms with Gasteiger partial charge in [-0.2, -0.15) is 0 Å². The molecule has 3 aromatic rings. The van der Waals surface area contributed by atoms with Crippen LogP contribution in [0.3, 0.4) is 0 Å². The number of hydrogen-bond donors (Lipinski definition) is 2. The molecule has 3 atom stereocenters. The zero-order chi connectivity index (χ0) is 15.1. The fourth-order valence-corrected chi connectivity index (χ4v) is 2.99. The number of rotatable bonds is 3. The van der Waals surface area contributed by atoms with Gasteiger partial charge in [-0.3, -0.25) is 0 Å². The van der Waals surface area contributed by atoms with Gasteiger partial charge in [-0.15, -0.1) is 0 Å². The van der Waals surface area contributed by atoms with Crippen molar-refractivity contribution in [1.82, 2.24) is 9.55 Å². The molecule has 6 heteroatoms. The molecule has 1 aliphatic heterocycles. The van der Waals surface area contributed by atoms with E-state index in [0.29, 0.717) is 6.42 Å². The zero-order valence-electron chi connectivity index (χ0n) is 11.8. The standard InChI is InChI=1S/C16H16N2O4/c19-9-14-12(20)8-15(22-14)18-6-4-11-10(3-5-17-16(11)18)13-2-1-7-21-13/h1-7,12,14-15,19-20H,8-9H2/t12-,14+,15+/m0/s1. The van der Waals surface area contributed by atoms with Crippen LogP contribution in [0.15, 0.2) is 47.3 Å². The molecule has 0 saturated carbocycles. The molecule has 6 nitrogen and oxygen atoms in total. The molecule has 0 aliphatic carbocycles. The van der Waals surface area contributed by atoms with Gasteiger partial charge in [0, 0.05) is 29.8 Å². The summed E-state index contributed by atoms with van der Waals surface area (Å²) in [4.78, 5) is 4.43. The second-order valence-electron chi connectivity index (χ2n) is 5.41. The fraction of sp³-hybridized carbons (Fsp3) is 0.312. The second-order valence-corrected chi connectivity index (χ2v) is 5.41. The molecule has 0 aromatic carbocycles. The maximum atomic E-state index is 9.90. The summed E-state index contributed by atoms with van der Waals surface area (Å²) in [5.41, 5.74) is 1.73. The Labute approximate surface area is 126 Å². The Morgan fingerprint density at radius 3 is 2.95 bits per heavy atom. The average molecular weight is 300 g/mol. The van der Waals surface area contributed by atoms with Gasteiger partial charge in [-0.1, -0.05) is 0 Å². The molecule has 114 valence electrons. The summed E-state index contributed by atoms with van der Waals surface area (Å²) in [5, 5.41) is 20.1. The van der Waals surface area contributed by atoms with Gasteiger partial charge in [-0.25, -0.2) is 4.98 Å². The van der Waals surface area contributed by atoms with Gasteiger partial charge < -0.3 is 23.9 Å². The van der Waals surface area contributed by atoms with Crippen molar-refractivity contribution in [3.05, 3.63) is 42.9 Å². The van der Waals surface area contributed by atoms with Crippen molar-refractivity contribution >= 4 is 11.0 Å². The SMILES string of the molecule is OC[C@H]1O[C@@H](n2ccc3c(-c4ccco4)ccnc32)C[C@@H]1O. The van der Waals surface area contributed by atoms with E-state index in [2.05, 4.69) is 4.98 Å². The number of nitrogens with zero attached hydrogens (tertiary/aromatic N) is 2. The van der Waals surface area contributed by atoms with Gasteiger partial charge in [0.1, 0.15) is 23.7 Å². The Morgan fingerprint density at radius 2 is 2.23 bits per heavy atom. The van der Waals surface area contributed by atoms with Gasteiger partial charge in [-0.05, 0) is 24.3 Å². The number of hydrogen-bond acceptors (Lipinski definition) is 5. The van der Waals surface area contributed by atoms with Crippen LogP contribution in [0.5, 0.6) is 0 Å². The first-order valence-corrected chi connectivity index (χ1v) is 7.21. The first kappa shape index (κ1) is 13.5. The smallest absolute Gasteiger partial charge is 0.142 e. The van der Waals surface area contributed by atoms with Gasteiger partial charge >= 0.3 is 0 Å². The van der Waals surface area contributed by atoms with Crippen LogP contribution in [0.4, 0.5) is 0 Å². The van der Waals surface area contributed by atoms with E-state index in [0.717, 1.165) is 22.4 Å². The number of aliphatic hydroxyl groups excluding tert-OH is 2. The molecule has 4 rings (SSSR count). The van der Waals surface area contributed by atoms with E-state index in [1.807, 2.05) is 35.0 Å². The van der Waals surface area contributed by atoms with Crippen LogP contribution >= 0.6 is 0 Å². The highest BCUT2D eigenvalue weighted by Gasteiger charge is 2.35. The molecule has 0 amide bonds. The lowest BCUT2D eigenvalue weighted by atomic mass is 10.1. The quantitative estimate of drug-likeness (QED) is 0.772. The van der Waals surface area contributed by atoms with E-state index in [1.54, 1.807) is 12.5 Å². The zero-order valence-corrected chi connectivity index (χ0v) is 11.8. The van der Waals surface area contributed by atoms with Crippen LogP contribution in [-0.2, 0) is 4.74 Å². The van der Waals surface area contributed by atoms with E-state index in [1.165, 1.54) is 0 Å². The predicted molar refractivity (Wildman–Crippen MR) is 79.1 cm³/mol. The van der Waals surface area contributed by atoms with Gasteiger partial charge in [0.15, 0.2) is 0 Å². The van der Waals surface area contributed by atoms with Gasteiger partial charge in [0.05, 0.1) is 19.0 Å². The summed E-state index contributed by atoms with van der Waals surface area (Å²) >= 11 is 0. The second kappa shape index (κ2) is 5.24. The van der Waals surface area contributed by atoms with Crippen molar-refractivity contribution in [2.75, 3.05) is 6.61 Å². The van der Waals surface area contributed by atoms with Crippen molar-refractivity contribution < 1.29 is 19.4 Å². The summed E-state index contributed by atoms with van der Waals surface area (Å²) in [5.74, 6) is 0.783. The maximum Gasteiger partial charge on any atom is 0.142 e. The lowest BCUT2D eigenvalue weighted by Crippen LogP contribution is -2.24. The highest BCUT2D eigenvalue weighted by atomic mass is 16.5. The van der Waals surface area contributed by atoms with Crippen LogP contribution in [-0.4, -0.2) is 38.6 Å². The number of pyridine rings is 1. The number of furan rings is 1. The highest BCUT2D eigenvalue weighted by Crippen LogP contribution is 2.34. The molecule has 1 fully saturated rings. The number of aromatic nitrogens is 2. The number of ether oxygens (including phenoxy) is 1. The average Bonchev–Trinajstić information content (AvgIpc) is 3.25. The number of fused-ring (bicyclic) bond motifs is 1. The van der Waals surface area contributed by atoms with Crippen LogP contribution in [0, 0.1) is 0 Å². The van der Waals surface area contributed by atoms with E-state index in [-0.39, 0.29) is 12.8 Å². The minimum atomic E-state index is -0.666. The minimum Gasteiger partial charge on any atom is -0.464 e. The molecule has 22 heavy (non-hydrogen) atoms. The number of aliphatic hydroxyl groups is 2. The molecule has 1 aliphatic rings. The van der Waals surface area contributed by atoms with Crippen molar-refractivity contribution in [1.29, 1.82) is 0 Å². The summed E-state index contributed by atoms with van der Waals surface area (Å²) in [6, 6.07) is 7.62. The van der Waals surface area contributed by atoms with Crippen LogP contribution in [0.2, 0.25) is 0 Å². The van der Waals surface area contributed by atoms with Crippen LogP contribution in [0.1, 0.15) is 12.6 Å². The Balaban J connectivity index is 1.77. The normalized spacial score (nSPS) is 25.1. The summed E-state index contributed by atoms with van der Waals surface area (Å²) in [7, 11) is 0. The lowest BCUT2D eigenvalue weighted by Gasteiger charge is -2.14. The lowest BCUT2D eigenvalue weighted by molar-refractivity contribution is -0.0430. The summed E-state index contributed by atoms with van der Waals surface area (Å²) < 4.78 is 13.1. The molecule has 0 radical (unpaired) electrons. The van der Waals surface area contributed by atoms with Gasteiger partial charge in [0.2, 0.25) is 0 Å². The van der Waals surface area contributed by atoms with Crippen molar-refractivity contribution in [2.24, 2.45) is 0 Å². The Hall–Kier alpha value is -2.15. The predicted octanol–water partition coefficient (Wildman–Crippen LogP) is 1.94. The third-order valence-electron chi connectivity index (χ3n) is 4.10. The first-order chi connectivity index (χ1) is 10.8. The molecule has 2 N–H and O–H groups in total. The van der Waals surface area contributed by atoms with Crippen LogP contribution < -0.4 is 0 Å². The van der Waals surface area contributed by atoms with E-state index < -0.39 is 12.2 Å². The van der Waals surface area contributed by atoms with E-state index >= 15 is 0 Å². The van der Waals surface area contributed by atoms with Crippen molar-refractivity contribution in [3.8, 4) is 11.3 Å². The molecular weight excluding hydrogens is 284 g/mol. The Morgan fingerprint density at radius 1 is 1.32 bits per heavy atom. The maximum absolute atomic E-state index is 9.90. The molecule has 4 heterocycles. The monoisotopic (exact) mass is 300 g/mol. The third kappa shape index (κ3) is 2.04.